The van der Waals surface area contributed by atoms with Gasteiger partial charge in [-0.15, -0.1) is 0 Å². The third kappa shape index (κ3) is 5.29. The van der Waals surface area contributed by atoms with E-state index in [1.807, 2.05) is 66.7 Å². The lowest BCUT2D eigenvalue weighted by Gasteiger charge is -2.39. The SMILES string of the molecule is N#Cc1cccc(-c2ccc3c(c2)C2(c4ccccc4Oc4ccccc42)c2cc(-c4cccc(-c5cc(-c6ccccc6)nc(-c6ccccc6)n5)c4)ccc2-3)c1. The summed E-state index contributed by atoms with van der Waals surface area (Å²) in [7, 11) is 0. The van der Waals surface area contributed by atoms with Gasteiger partial charge in [0.25, 0.3) is 0 Å². The minimum atomic E-state index is -0.658. The lowest BCUT2D eigenvalue weighted by molar-refractivity contribution is 0.436. The summed E-state index contributed by atoms with van der Waals surface area (Å²) in [5, 5.41) is 9.75. The molecule has 270 valence electrons. The normalized spacial score (nSPS) is 12.7. The standard InChI is InChI=1S/C54H33N3O/c55-34-35-13-11-18-38(29-35)40-25-27-43-44-28-26-41(32-48(44)54(47(43)31-40)45-21-7-9-23-51(45)58-52-24-10-8-22-46(52)54)39-19-12-20-42(30-39)50-33-49(36-14-3-1-4-15-36)56-53(57-50)37-16-5-2-6-17-37/h1-33H. The molecule has 0 saturated carbocycles. The molecule has 0 saturated heterocycles. The third-order valence-electron chi connectivity index (χ3n) is 11.6. The fourth-order valence-electron chi connectivity index (χ4n) is 8.95. The average Bonchev–Trinajstić information content (AvgIpc) is 3.58. The highest BCUT2D eigenvalue weighted by Crippen LogP contribution is 2.62. The highest BCUT2D eigenvalue weighted by Gasteiger charge is 2.51. The zero-order chi connectivity index (χ0) is 38.6. The largest absolute Gasteiger partial charge is 0.457 e. The number of rotatable bonds is 5. The molecule has 0 radical (unpaired) electrons. The van der Waals surface area contributed by atoms with Crippen LogP contribution in [0.5, 0.6) is 11.5 Å². The number of nitrogens with zero attached hydrogens (tertiary/aromatic N) is 3. The monoisotopic (exact) mass is 739 g/mol. The van der Waals surface area contributed by atoms with Crippen LogP contribution in [0.3, 0.4) is 0 Å². The molecule has 0 N–H and O–H groups in total. The molecule has 1 aliphatic carbocycles. The minimum Gasteiger partial charge on any atom is -0.457 e. The van der Waals surface area contributed by atoms with Gasteiger partial charge < -0.3 is 4.74 Å². The fourth-order valence-corrected chi connectivity index (χ4v) is 8.95. The second-order valence-electron chi connectivity index (χ2n) is 14.8. The van der Waals surface area contributed by atoms with Gasteiger partial charge in [0, 0.05) is 27.8 Å². The van der Waals surface area contributed by atoms with Crippen LogP contribution in [0.1, 0.15) is 27.8 Å². The molecule has 58 heavy (non-hydrogen) atoms. The van der Waals surface area contributed by atoms with Crippen molar-refractivity contribution in [2.45, 2.75) is 5.41 Å². The van der Waals surface area contributed by atoms with E-state index in [2.05, 4.69) is 140 Å². The Hall–Kier alpha value is -7.87. The zero-order valence-corrected chi connectivity index (χ0v) is 31.3. The molecule has 0 amide bonds. The Labute approximate surface area is 337 Å². The molecule has 8 aromatic carbocycles. The van der Waals surface area contributed by atoms with Crippen LogP contribution in [-0.2, 0) is 5.41 Å². The van der Waals surface area contributed by atoms with Crippen molar-refractivity contribution in [3.63, 3.8) is 0 Å². The van der Waals surface area contributed by atoms with Crippen LogP contribution in [0.2, 0.25) is 0 Å². The Kier molecular flexibility index (Phi) is 7.74. The third-order valence-corrected chi connectivity index (χ3v) is 11.6. The summed E-state index contributed by atoms with van der Waals surface area (Å²) < 4.78 is 6.65. The van der Waals surface area contributed by atoms with Gasteiger partial charge in [0.15, 0.2) is 5.82 Å². The molecule has 1 aliphatic heterocycles. The number of benzene rings is 8. The molecule has 2 heterocycles. The van der Waals surface area contributed by atoms with Crippen molar-refractivity contribution in [2.24, 2.45) is 0 Å². The minimum absolute atomic E-state index is 0.638. The summed E-state index contributed by atoms with van der Waals surface area (Å²) in [6, 6.07) is 72.0. The maximum atomic E-state index is 9.75. The molecule has 11 rings (SSSR count). The topological polar surface area (TPSA) is 58.8 Å². The fraction of sp³-hybridized carbons (Fsp3) is 0.0185. The summed E-state index contributed by atoms with van der Waals surface area (Å²) in [5.74, 6) is 2.38. The van der Waals surface area contributed by atoms with Gasteiger partial charge in [-0.25, -0.2) is 9.97 Å². The number of ether oxygens (including phenoxy) is 1. The number of fused-ring (bicyclic) bond motifs is 9. The number of hydrogen-bond acceptors (Lipinski definition) is 4. The van der Waals surface area contributed by atoms with E-state index >= 15 is 0 Å². The lowest BCUT2D eigenvalue weighted by Crippen LogP contribution is -2.32. The molecule has 0 atom stereocenters. The van der Waals surface area contributed by atoms with E-state index in [-0.39, 0.29) is 0 Å². The van der Waals surface area contributed by atoms with E-state index in [4.69, 9.17) is 14.7 Å². The molecule has 1 aromatic heterocycles. The highest BCUT2D eigenvalue weighted by atomic mass is 16.5. The van der Waals surface area contributed by atoms with Crippen LogP contribution in [-0.4, -0.2) is 9.97 Å². The Bertz CT molecular complexity index is 3010. The Balaban J connectivity index is 1.11. The van der Waals surface area contributed by atoms with Crippen molar-refractivity contribution in [3.05, 3.63) is 228 Å². The van der Waals surface area contributed by atoms with E-state index in [0.29, 0.717) is 11.4 Å². The van der Waals surface area contributed by atoms with Crippen molar-refractivity contribution in [1.82, 2.24) is 9.97 Å². The van der Waals surface area contributed by atoms with Crippen LogP contribution < -0.4 is 4.74 Å². The van der Waals surface area contributed by atoms with Crippen molar-refractivity contribution in [1.29, 1.82) is 5.26 Å². The van der Waals surface area contributed by atoms with E-state index < -0.39 is 5.41 Å². The van der Waals surface area contributed by atoms with Gasteiger partial charge in [-0.1, -0.05) is 152 Å². The van der Waals surface area contributed by atoms with E-state index in [1.165, 1.54) is 22.3 Å². The number of aromatic nitrogens is 2. The molecule has 1 spiro atoms. The van der Waals surface area contributed by atoms with Crippen LogP contribution in [0.15, 0.2) is 200 Å². The van der Waals surface area contributed by atoms with E-state index in [1.54, 1.807) is 0 Å². The first-order valence-corrected chi connectivity index (χ1v) is 19.4. The lowest BCUT2D eigenvalue weighted by atomic mass is 9.65. The van der Waals surface area contributed by atoms with E-state index in [9.17, 15) is 5.26 Å². The summed E-state index contributed by atoms with van der Waals surface area (Å²) in [4.78, 5) is 10.2. The molecule has 0 fully saturated rings. The van der Waals surface area contributed by atoms with Gasteiger partial charge in [-0.3, -0.25) is 0 Å². The Morgan fingerprint density at radius 3 is 1.48 bits per heavy atom. The molecule has 9 aromatic rings. The maximum absolute atomic E-state index is 9.75. The first-order valence-electron chi connectivity index (χ1n) is 19.4. The molecular weight excluding hydrogens is 707 g/mol. The smallest absolute Gasteiger partial charge is 0.160 e. The van der Waals surface area contributed by atoms with Gasteiger partial charge in [0.05, 0.1) is 28.4 Å². The summed E-state index contributed by atoms with van der Waals surface area (Å²) >= 11 is 0. The number of nitriles is 1. The van der Waals surface area contributed by atoms with Crippen molar-refractivity contribution in [2.75, 3.05) is 0 Å². The van der Waals surface area contributed by atoms with Gasteiger partial charge in [0.1, 0.15) is 11.5 Å². The molecule has 0 unspecified atom stereocenters. The van der Waals surface area contributed by atoms with Crippen LogP contribution in [0, 0.1) is 11.3 Å². The second-order valence-corrected chi connectivity index (χ2v) is 14.8. The zero-order valence-electron chi connectivity index (χ0n) is 31.3. The molecule has 4 nitrogen and oxygen atoms in total. The second kappa shape index (κ2) is 13.4. The molecule has 2 aliphatic rings. The predicted molar refractivity (Wildman–Crippen MR) is 231 cm³/mol. The molecule has 0 bridgehead atoms. The first kappa shape index (κ1) is 33.5. The maximum Gasteiger partial charge on any atom is 0.160 e. The number of para-hydroxylation sites is 2. The Morgan fingerprint density at radius 1 is 0.379 bits per heavy atom. The van der Waals surface area contributed by atoms with Crippen LogP contribution in [0.4, 0.5) is 0 Å². The molecular formula is C54H33N3O. The summed E-state index contributed by atoms with van der Waals surface area (Å²) in [5.41, 5.74) is 16.0. The van der Waals surface area contributed by atoms with Crippen LogP contribution in [0.25, 0.3) is 67.3 Å². The van der Waals surface area contributed by atoms with Gasteiger partial charge in [-0.2, -0.15) is 5.26 Å². The summed E-state index contributed by atoms with van der Waals surface area (Å²) in [6.45, 7) is 0. The van der Waals surface area contributed by atoms with Gasteiger partial charge in [0.2, 0.25) is 0 Å². The predicted octanol–water partition coefficient (Wildman–Crippen LogP) is 13.2. The van der Waals surface area contributed by atoms with Gasteiger partial charge in [-0.05, 0) is 93.0 Å². The average molecular weight is 740 g/mol. The van der Waals surface area contributed by atoms with Crippen LogP contribution >= 0.6 is 0 Å². The van der Waals surface area contributed by atoms with Crippen molar-refractivity contribution < 1.29 is 4.74 Å². The van der Waals surface area contributed by atoms with Crippen molar-refractivity contribution >= 4 is 0 Å². The number of hydrogen-bond donors (Lipinski definition) is 0. The molecule has 4 heteroatoms. The Morgan fingerprint density at radius 2 is 0.862 bits per heavy atom. The highest BCUT2D eigenvalue weighted by molar-refractivity contribution is 5.92. The van der Waals surface area contributed by atoms with Gasteiger partial charge >= 0.3 is 0 Å². The summed E-state index contributed by atoms with van der Waals surface area (Å²) in [6.07, 6.45) is 0. The van der Waals surface area contributed by atoms with E-state index in [0.717, 1.165) is 73.0 Å². The van der Waals surface area contributed by atoms with Crippen molar-refractivity contribution in [3.8, 4) is 84.9 Å². The quantitative estimate of drug-likeness (QED) is 0.176. The first-order chi connectivity index (χ1) is 28.7.